The largest absolute Gasteiger partial charge is 0.378 e. The zero-order valence-electron chi connectivity index (χ0n) is 11.0. The summed E-state index contributed by atoms with van der Waals surface area (Å²) in [5.74, 6) is 0.123. The second-order valence-corrected chi connectivity index (χ2v) is 4.61. The summed E-state index contributed by atoms with van der Waals surface area (Å²) in [4.78, 5) is 13.2. The number of carbonyl (C=O) groups excluding carboxylic acids is 1. The molecular formula is C14H20N2O2S. The van der Waals surface area contributed by atoms with E-state index in [4.69, 9.17) is 4.74 Å². The molecule has 1 saturated heterocycles. The Hall–Kier alpha value is -1.30. The van der Waals surface area contributed by atoms with E-state index in [-0.39, 0.29) is 5.91 Å². The predicted molar refractivity (Wildman–Crippen MR) is 79.6 cm³/mol. The summed E-state index contributed by atoms with van der Waals surface area (Å²) in [7, 11) is 0. The maximum atomic E-state index is 11.4. The van der Waals surface area contributed by atoms with Gasteiger partial charge in [-0.3, -0.25) is 9.52 Å². The minimum absolute atomic E-state index is 0.123. The van der Waals surface area contributed by atoms with Gasteiger partial charge in [0.25, 0.3) is 0 Å². The fourth-order valence-corrected chi connectivity index (χ4v) is 1.80. The maximum absolute atomic E-state index is 11.4. The van der Waals surface area contributed by atoms with Crippen molar-refractivity contribution in [2.75, 3.05) is 32.8 Å². The first-order valence-corrected chi connectivity index (χ1v) is 7.07. The monoisotopic (exact) mass is 280 g/mol. The van der Waals surface area contributed by atoms with Crippen LogP contribution in [0.3, 0.4) is 0 Å². The minimum Gasteiger partial charge on any atom is -0.378 e. The van der Waals surface area contributed by atoms with Crippen molar-refractivity contribution in [3.8, 4) is 0 Å². The van der Waals surface area contributed by atoms with Gasteiger partial charge in [0, 0.05) is 13.1 Å². The van der Waals surface area contributed by atoms with Gasteiger partial charge in [-0.05, 0) is 5.41 Å². The van der Waals surface area contributed by atoms with Gasteiger partial charge >= 0.3 is 0 Å². The highest BCUT2D eigenvalue weighted by atomic mass is 32.2. The summed E-state index contributed by atoms with van der Waals surface area (Å²) < 4.78 is 8.04. The quantitative estimate of drug-likeness (QED) is 0.676. The third-order valence-electron chi connectivity index (χ3n) is 2.42. The molecule has 0 unspecified atom stereocenters. The Kier molecular flexibility index (Phi) is 8.80. The average Bonchev–Trinajstić information content (AvgIpc) is 2.51. The zero-order valence-corrected chi connectivity index (χ0v) is 11.8. The summed E-state index contributed by atoms with van der Waals surface area (Å²) in [5.41, 5.74) is 0. The van der Waals surface area contributed by atoms with Gasteiger partial charge in [0.2, 0.25) is 5.91 Å². The molecule has 0 bridgehead atoms. The zero-order chi connectivity index (χ0) is 13.8. The van der Waals surface area contributed by atoms with Crippen LogP contribution in [-0.4, -0.2) is 43.7 Å². The SMILES string of the molecule is C=CSNCC(=O)N1CCOCC1.c1ccccc1. The summed E-state index contributed by atoms with van der Waals surface area (Å²) >= 11 is 1.34. The molecule has 19 heavy (non-hydrogen) atoms. The Bertz CT molecular complexity index is 327. The lowest BCUT2D eigenvalue weighted by Crippen LogP contribution is -2.43. The first-order chi connectivity index (χ1) is 9.34. The molecule has 0 radical (unpaired) electrons. The molecule has 0 spiro atoms. The summed E-state index contributed by atoms with van der Waals surface area (Å²) in [6.45, 7) is 6.60. The minimum atomic E-state index is 0.123. The highest BCUT2D eigenvalue weighted by Gasteiger charge is 2.15. The lowest BCUT2D eigenvalue weighted by Gasteiger charge is -2.26. The fourth-order valence-electron chi connectivity index (χ4n) is 1.47. The van der Waals surface area contributed by atoms with Gasteiger partial charge in [-0.15, -0.1) is 0 Å². The van der Waals surface area contributed by atoms with Gasteiger partial charge in [-0.1, -0.05) is 54.9 Å². The van der Waals surface area contributed by atoms with Crippen molar-refractivity contribution in [1.82, 2.24) is 9.62 Å². The molecule has 2 rings (SSSR count). The van der Waals surface area contributed by atoms with Gasteiger partial charge in [-0.25, -0.2) is 0 Å². The Labute approximate surface area is 119 Å². The van der Waals surface area contributed by atoms with Crippen LogP contribution in [0, 0.1) is 0 Å². The number of morpholine rings is 1. The van der Waals surface area contributed by atoms with E-state index in [0.717, 1.165) is 0 Å². The van der Waals surface area contributed by atoms with E-state index in [1.165, 1.54) is 11.9 Å². The third kappa shape index (κ3) is 7.66. The fraction of sp³-hybridized carbons (Fsp3) is 0.357. The Morgan fingerprint density at radius 1 is 1.21 bits per heavy atom. The molecule has 1 aliphatic heterocycles. The van der Waals surface area contributed by atoms with Crippen LogP contribution < -0.4 is 4.72 Å². The lowest BCUT2D eigenvalue weighted by atomic mass is 10.4. The second kappa shape index (κ2) is 10.6. The molecule has 1 heterocycles. The van der Waals surface area contributed by atoms with E-state index in [9.17, 15) is 4.79 Å². The summed E-state index contributed by atoms with van der Waals surface area (Å²) in [5, 5.41) is 1.66. The number of hydrogen-bond acceptors (Lipinski definition) is 4. The van der Waals surface area contributed by atoms with Crippen molar-refractivity contribution in [2.24, 2.45) is 0 Å². The first-order valence-electron chi connectivity index (χ1n) is 6.19. The van der Waals surface area contributed by atoms with Gasteiger partial charge in [0.15, 0.2) is 0 Å². The molecule has 0 aliphatic carbocycles. The van der Waals surface area contributed by atoms with Crippen LogP contribution in [0.2, 0.25) is 0 Å². The molecule has 0 aromatic heterocycles. The van der Waals surface area contributed by atoms with Crippen LogP contribution in [0.1, 0.15) is 0 Å². The van der Waals surface area contributed by atoms with Crippen molar-refractivity contribution in [3.63, 3.8) is 0 Å². The van der Waals surface area contributed by atoms with Crippen LogP contribution in [-0.2, 0) is 9.53 Å². The van der Waals surface area contributed by atoms with Gasteiger partial charge < -0.3 is 9.64 Å². The molecule has 1 aromatic carbocycles. The van der Waals surface area contributed by atoms with E-state index in [2.05, 4.69) is 11.3 Å². The maximum Gasteiger partial charge on any atom is 0.237 e. The summed E-state index contributed by atoms with van der Waals surface area (Å²) in [6, 6.07) is 12.0. The molecular weight excluding hydrogens is 260 g/mol. The first kappa shape index (κ1) is 15.8. The second-order valence-electron chi connectivity index (χ2n) is 3.75. The molecule has 1 aliphatic rings. The molecule has 4 nitrogen and oxygen atoms in total. The van der Waals surface area contributed by atoms with Crippen molar-refractivity contribution >= 4 is 17.9 Å². The van der Waals surface area contributed by atoms with E-state index in [0.29, 0.717) is 32.8 Å². The van der Waals surface area contributed by atoms with E-state index >= 15 is 0 Å². The number of rotatable bonds is 4. The van der Waals surface area contributed by atoms with Crippen LogP contribution in [0.15, 0.2) is 48.4 Å². The number of nitrogens with one attached hydrogen (secondary N) is 1. The topological polar surface area (TPSA) is 41.6 Å². The smallest absolute Gasteiger partial charge is 0.237 e. The van der Waals surface area contributed by atoms with E-state index < -0.39 is 0 Å². The number of amides is 1. The molecule has 1 aromatic rings. The highest BCUT2D eigenvalue weighted by Crippen LogP contribution is 1.98. The predicted octanol–water partition coefficient (Wildman–Crippen LogP) is 1.91. The van der Waals surface area contributed by atoms with Crippen molar-refractivity contribution < 1.29 is 9.53 Å². The Balaban J connectivity index is 0.000000250. The van der Waals surface area contributed by atoms with Crippen LogP contribution in [0.25, 0.3) is 0 Å². The standard InChI is InChI=1S/C8H14N2O2S.C6H6/c1-2-13-9-7-8(11)10-3-5-12-6-4-10;1-2-4-6-5-3-1/h2,9H,1,3-7H2;1-6H. The number of ether oxygens (including phenoxy) is 1. The normalized spacial score (nSPS) is 14.2. The van der Waals surface area contributed by atoms with Crippen molar-refractivity contribution in [2.45, 2.75) is 0 Å². The van der Waals surface area contributed by atoms with Crippen LogP contribution in [0.4, 0.5) is 0 Å². The molecule has 5 heteroatoms. The van der Waals surface area contributed by atoms with Gasteiger partial charge in [-0.2, -0.15) is 0 Å². The lowest BCUT2D eigenvalue weighted by molar-refractivity contribution is -0.133. The molecule has 0 saturated carbocycles. The number of hydrogen-bond donors (Lipinski definition) is 1. The van der Waals surface area contributed by atoms with E-state index in [1.807, 2.05) is 36.4 Å². The van der Waals surface area contributed by atoms with E-state index in [1.54, 1.807) is 10.3 Å². The summed E-state index contributed by atoms with van der Waals surface area (Å²) in [6.07, 6.45) is 0. The molecule has 104 valence electrons. The number of benzene rings is 1. The average molecular weight is 280 g/mol. The third-order valence-corrected chi connectivity index (χ3v) is 2.90. The number of carbonyl (C=O) groups is 1. The van der Waals surface area contributed by atoms with Crippen molar-refractivity contribution in [1.29, 1.82) is 0 Å². The Morgan fingerprint density at radius 2 is 1.74 bits per heavy atom. The Morgan fingerprint density at radius 3 is 2.21 bits per heavy atom. The van der Waals surface area contributed by atoms with Crippen LogP contribution >= 0.6 is 11.9 Å². The highest BCUT2D eigenvalue weighted by molar-refractivity contribution is 8.00. The molecule has 1 N–H and O–H groups in total. The van der Waals surface area contributed by atoms with Crippen LogP contribution in [0.5, 0.6) is 0 Å². The van der Waals surface area contributed by atoms with Gasteiger partial charge in [0.1, 0.15) is 0 Å². The van der Waals surface area contributed by atoms with Gasteiger partial charge in [0.05, 0.1) is 19.8 Å². The van der Waals surface area contributed by atoms with Crippen molar-refractivity contribution in [3.05, 3.63) is 48.4 Å². The number of nitrogens with zero attached hydrogens (tertiary/aromatic N) is 1. The molecule has 1 fully saturated rings. The molecule has 1 amide bonds. The molecule has 0 atom stereocenters.